The number of amides is 3. The Balaban J connectivity index is 1.23. The number of piperidine rings is 1. The first-order valence-electron chi connectivity index (χ1n) is 11.1. The van der Waals surface area contributed by atoms with Crippen molar-refractivity contribution in [2.75, 3.05) is 13.1 Å². The van der Waals surface area contributed by atoms with Gasteiger partial charge < -0.3 is 5.32 Å². The average molecular weight is 420 g/mol. The lowest BCUT2D eigenvalue weighted by Crippen LogP contribution is -2.36. The number of carbonyl (C=O) groups is 3. The third-order valence-electron chi connectivity index (χ3n) is 6.28. The van der Waals surface area contributed by atoms with Crippen molar-refractivity contribution in [1.29, 1.82) is 0 Å². The maximum atomic E-state index is 12.4. The minimum atomic E-state index is -0.327. The van der Waals surface area contributed by atoms with Gasteiger partial charge in [0.25, 0.3) is 11.8 Å². The lowest BCUT2D eigenvalue weighted by atomic mass is 10.0. The van der Waals surface area contributed by atoms with Crippen molar-refractivity contribution >= 4 is 17.7 Å². The number of likely N-dealkylation sites (tertiary alicyclic amines) is 1. The summed E-state index contributed by atoms with van der Waals surface area (Å²) >= 11 is 0. The third-order valence-corrected chi connectivity index (χ3v) is 6.28. The van der Waals surface area contributed by atoms with Crippen molar-refractivity contribution in [3.05, 3.63) is 70.8 Å². The smallest absolute Gasteiger partial charge is 0.261 e. The molecule has 31 heavy (non-hydrogen) atoms. The number of fused-ring (bicyclic) bond motifs is 1. The third kappa shape index (κ3) is 4.85. The molecule has 2 aliphatic heterocycles. The average Bonchev–Trinajstić information content (AvgIpc) is 3.03. The molecule has 1 N–H and O–H groups in total. The monoisotopic (exact) mass is 419 g/mol. The van der Waals surface area contributed by atoms with Crippen molar-refractivity contribution in [3.63, 3.8) is 0 Å². The number of benzene rings is 2. The lowest BCUT2D eigenvalue weighted by Gasteiger charge is -2.33. The lowest BCUT2D eigenvalue weighted by molar-refractivity contribution is -0.121. The van der Waals surface area contributed by atoms with Gasteiger partial charge in [-0.25, -0.2) is 0 Å². The highest BCUT2D eigenvalue weighted by molar-refractivity contribution is 6.21. The molecule has 2 aliphatic rings. The van der Waals surface area contributed by atoms with Gasteiger partial charge in [0.15, 0.2) is 0 Å². The molecular formula is C25H29N3O3. The Kier molecular flexibility index (Phi) is 6.47. The normalized spacial score (nSPS) is 18.9. The van der Waals surface area contributed by atoms with Crippen LogP contribution in [0.4, 0.5) is 0 Å². The molecule has 4 rings (SSSR count). The van der Waals surface area contributed by atoms with Crippen LogP contribution >= 0.6 is 0 Å². The molecule has 0 bridgehead atoms. The van der Waals surface area contributed by atoms with E-state index in [0.29, 0.717) is 23.7 Å². The molecule has 6 heteroatoms. The Morgan fingerprint density at radius 3 is 2.26 bits per heavy atom. The number of imide groups is 1. The molecule has 1 atom stereocenters. The van der Waals surface area contributed by atoms with Crippen LogP contribution in [0.5, 0.6) is 0 Å². The highest BCUT2D eigenvalue weighted by atomic mass is 16.2. The van der Waals surface area contributed by atoms with E-state index in [-0.39, 0.29) is 30.7 Å². The van der Waals surface area contributed by atoms with Gasteiger partial charge in [-0.3, -0.25) is 24.2 Å². The summed E-state index contributed by atoms with van der Waals surface area (Å²) in [7, 11) is 0. The molecule has 0 radical (unpaired) electrons. The van der Waals surface area contributed by atoms with Crippen LogP contribution in [-0.2, 0) is 17.9 Å². The summed E-state index contributed by atoms with van der Waals surface area (Å²) in [6.45, 7) is 4.94. The number of nitrogens with one attached hydrogen (secondary N) is 1. The van der Waals surface area contributed by atoms with E-state index < -0.39 is 0 Å². The number of hydrogen-bond acceptors (Lipinski definition) is 4. The Hall–Kier alpha value is -2.99. The van der Waals surface area contributed by atoms with Crippen molar-refractivity contribution < 1.29 is 14.4 Å². The Labute approximate surface area is 183 Å². The summed E-state index contributed by atoms with van der Waals surface area (Å²) < 4.78 is 0. The first-order valence-corrected chi connectivity index (χ1v) is 11.1. The van der Waals surface area contributed by atoms with Crippen LogP contribution < -0.4 is 5.32 Å². The van der Waals surface area contributed by atoms with Gasteiger partial charge in [-0.15, -0.1) is 0 Å². The molecule has 2 heterocycles. The minimum absolute atomic E-state index is 0.0884. The summed E-state index contributed by atoms with van der Waals surface area (Å²) in [5.74, 6) is -0.832. The van der Waals surface area contributed by atoms with Crippen LogP contribution in [0.3, 0.4) is 0 Å². The van der Waals surface area contributed by atoms with Crippen LogP contribution in [-0.4, -0.2) is 46.7 Å². The molecule has 1 fully saturated rings. The summed E-state index contributed by atoms with van der Waals surface area (Å²) in [6, 6.07) is 15.7. The van der Waals surface area contributed by atoms with Crippen LogP contribution in [0, 0.1) is 0 Å². The van der Waals surface area contributed by atoms with E-state index in [1.54, 1.807) is 24.3 Å². The predicted molar refractivity (Wildman–Crippen MR) is 118 cm³/mol. The fourth-order valence-electron chi connectivity index (χ4n) is 4.33. The molecular weight excluding hydrogens is 390 g/mol. The molecule has 2 aromatic carbocycles. The van der Waals surface area contributed by atoms with E-state index in [1.807, 2.05) is 12.1 Å². The van der Waals surface area contributed by atoms with E-state index >= 15 is 0 Å². The zero-order chi connectivity index (χ0) is 21.8. The van der Waals surface area contributed by atoms with Gasteiger partial charge in [0.1, 0.15) is 0 Å². The Bertz CT molecular complexity index is 935. The van der Waals surface area contributed by atoms with Crippen LogP contribution in [0.1, 0.15) is 64.4 Å². The number of carbonyl (C=O) groups excluding carboxylic acids is 3. The topological polar surface area (TPSA) is 69.7 Å². The highest BCUT2D eigenvalue weighted by Gasteiger charge is 2.34. The zero-order valence-electron chi connectivity index (χ0n) is 18.0. The quantitative estimate of drug-likeness (QED) is 0.699. The van der Waals surface area contributed by atoms with Gasteiger partial charge in [-0.05, 0) is 49.6 Å². The summed E-state index contributed by atoms with van der Waals surface area (Å²) in [4.78, 5) is 40.7. The SMILES string of the molecule is CC1CCCCN1Cc1ccc(CNC(=O)CCN2C(=O)c3ccccc3C2=O)cc1. The van der Waals surface area contributed by atoms with E-state index in [4.69, 9.17) is 0 Å². The second-order valence-electron chi connectivity index (χ2n) is 8.47. The predicted octanol–water partition coefficient (Wildman–Crippen LogP) is 3.36. The van der Waals surface area contributed by atoms with E-state index in [1.165, 1.54) is 24.8 Å². The highest BCUT2D eigenvalue weighted by Crippen LogP contribution is 2.22. The van der Waals surface area contributed by atoms with E-state index in [9.17, 15) is 14.4 Å². The van der Waals surface area contributed by atoms with Gasteiger partial charge in [0, 0.05) is 32.1 Å². The molecule has 0 aromatic heterocycles. The standard InChI is InChI=1S/C25H29N3O3/c1-18-6-4-5-14-27(18)17-20-11-9-19(10-12-20)16-26-23(29)13-15-28-24(30)21-7-2-3-8-22(21)25(28)31/h2-3,7-12,18H,4-6,13-17H2,1H3,(H,26,29). The number of rotatable bonds is 7. The van der Waals surface area contributed by atoms with Crippen molar-refractivity contribution in [3.8, 4) is 0 Å². The van der Waals surface area contributed by atoms with E-state index in [2.05, 4.69) is 29.3 Å². The molecule has 1 saturated heterocycles. The second kappa shape index (κ2) is 9.43. The van der Waals surface area contributed by atoms with Gasteiger partial charge >= 0.3 is 0 Å². The van der Waals surface area contributed by atoms with Gasteiger partial charge in [-0.2, -0.15) is 0 Å². The summed E-state index contributed by atoms with van der Waals surface area (Å²) in [6.07, 6.45) is 3.96. The number of hydrogen-bond donors (Lipinski definition) is 1. The minimum Gasteiger partial charge on any atom is -0.352 e. The molecule has 1 unspecified atom stereocenters. The van der Waals surface area contributed by atoms with Crippen LogP contribution in [0.15, 0.2) is 48.5 Å². The summed E-state index contributed by atoms with van der Waals surface area (Å²) in [5.41, 5.74) is 3.14. The van der Waals surface area contributed by atoms with Crippen LogP contribution in [0.2, 0.25) is 0 Å². The molecule has 162 valence electrons. The van der Waals surface area contributed by atoms with Gasteiger partial charge in [0.2, 0.25) is 5.91 Å². The van der Waals surface area contributed by atoms with E-state index in [0.717, 1.165) is 23.6 Å². The summed E-state index contributed by atoms with van der Waals surface area (Å²) in [5, 5.41) is 2.88. The molecule has 6 nitrogen and oxygen atoms in total. The first kappa shape index (κ1) is 21.2. The maximum Gasteiger partial charge on any atom is 0.261 e. The van der Waals surface area contributed by atoms with Crippen molar-refractivity contribution in [2.45, 2.75) is 51.7 Å². The Morgan fingerprint density at radius 1 is 0.968 bits per heavy atom. The Morgan fingerprint density at radius 2 is 1.61 bits per heavy atom. The molecule has 0 spiro atoms. The molecule has 0 saturated carbocycles. The van der Waals surface area contributed by atoms with Crippen LogP contribution in [0.25, 0.3) is 0 Å². The second-order valence-corrected chi connectivity index (χ2v) is 8.47. The molecule has 0 aliphatic carbocycles. The zero-order valence-corrected chi connectivity index (χ0v) is 18.0. The maximum absolute atomic E-state index is 12.4. The van der Waals surface area contributed by atoms with Gasteiger partial charge in [0.05, 0.1) is 11.1 Å². The fraction of sp³-hybridized carbons (Fsp3) is 0.400. The first-order chi connectivity index (χ1) is 15.0. The fourth-order valence-corrected chi connectivity index (χ4v) is 4.33. The number of nitrogens with zero attached hydrogens (tertiary/aromatic N) is 2. The van der Waals surface area contributed by atoms with Gasteiger partial charge in [-0.1, -0.05) is 42.8 Å². The van der Waals surface area contributed by atoms with Crippen molar-refractivity contribution in [2.24, 2.45) is 0 Å². The molecule has 3 amide bonds. The molecule has 2 aromatic rings. The largest absolute Gasteiger partial charge is 0.352 e. The van der Waals surface area contributed by atoms with Crippen molar-refractivity contribution in [1.82, 2.24) is 15.1 Å².